The Labute approximate surface area is 160 Å². The van der Waals surface area contributed by atoms with Crippen LogP contribution < -0.4 is 9.47 Å². The van der Waals surface area contributed by atoms with Gasteiger partial charge in [-0.15, -0.1) is 0 Å². The van der Waals surface area contributed by atoms with Crippen LogP contribution in [0.1, 0.15) is 24.5 Å². The van der Waals surface area contributed by atoms with Crippen LogP contribution in [0.4, 0.5) is 9.18 Å². The minimum atomic E-state index is -1.31. The van der Waals surface area contributed by atoms with Crippen LogP contribution in [0.3, 0.4) is 0 Å². The number of nitrogens with zero attached hydrogens (tertiary/aromatic N) is 1. The van der Waals surface area contributed by atoms with E-state index in [1.807, 2.05) is 18.2 Å². The van der Waals surface area contributed by atoms with Crippen LogP contribution in [0.15, 0.2) is 42.5 Å². The number of carbonyl (C=O) groups is 1. The second-order valence-electron chi connectivity index (χ2n) is 6.61. The minimum absolute atomic E-state index is 0.253. The van der Waals surface area contributed by atoms with Gasteiger partial charge in [0.1, 0.15) is 5.82 Å². The molecule has 1 N–H and O–H groups in total. The molecule has 4 rings (SSSR count). The zero-order valence-corrected chi connectivity index (χ0v) is 15.3. The quantitative estimate of drug-likeness (QED) is 0.794. The molecule has 0 spiro atoms. The van der Waals surface area contributed by atoms with Gasteiger partial charge in [-0.25, -0.2) is 9.18 Å². The Morgan fingerprint density at radius 3 is 2.78 bits per heavy atom. The number of amides is 1. The molecule has 0 radical (unpaired) electrons. The highest BCUT2D eigenvalue weighted by molar-refractivity contribution is 6.30. The molecule has 2 aliphatic rings. The van der Waals surface area contributed by atoms with Gasteiger partial charge in [-0.2, -0.15) is 0 Å². The Hall–Kier alpha value is -2.73. The summed E-state index contributed by atoms with van der Waals surface area (Å²) in [7, 11) is 0. The van der Waals surface area contributed by atoms with Gasteiger partial charge in [-0.05, 0) is 36.3 Å². The van der Waals surface area contributed by atoms with Crippen LogP contribution in [0.2, 0.25) is 5.02 Å². The molecule has 1 atom stereocenters. The Morgan fingerprint density at radius 2 is 2.11 bits per heavy atom. The largest absolute Gasteiger partial charge is 0.465 e. The number of halogens is 2. The highest BCUT2D eigenvalue weighted by Gasteiger charge is 2.42. The van der Waals surface area contributed by atoms with Crippen LogP contribution in [0.25, 0.3) is 5.57 Å². The van der Waals surface area contributed by atoms with Crippen LogP contribution in [-0.2, 0) is 5.79 Å². The van der Waals surface area contributed by atoms with Crippen molar-refractivity contribution in [3.63, 3.8) is 0 Å². The summed E-state index contributed by atoms with van der Waals surface area (Å²) >= 11 is 5.84. The minimum Gasteiger partial charge on any atom is -0.465 e. The molecule has 7 heteroatoms. The number of rotatable bonds is 2. The number of hydrogen-bond acceptors (Lipinski definition) is 3. The molecular formula is C20H17ClFNO4. The second kappa shape index (κ2) is 6.46. The van der Waals surface area contributed by atoms with Crippen LogP contribution >= 0.6 is 11.6 Å². The van der Waals surface area contributed by atoms with E-state index >= 15 is 0 Å². The molecule has 0 bridgehead atoms. The highest BCUT2D eigenvalue weighted by Crippen LogP contribution is 2.48. The van der Waals surface area contributed by atoms with Gasteiger partial charge < -0.3 is 19.5 Å². The third-order valence-electron chi connectivity index (χ3n) is 4.83. The molecular weight excluding hydrogens is 373 g/mol. The van der Waals surface area contributed by atoms with E-state index in [1.165, 1.54) is 11.0 Å². The lowest BCUT2D eigenvalue weighted by atomic mass is 9.98. The first kappa shape index (κ1) is 17.7. The first-order chi connectivity index (χ1) is 12.9. The van der Waals surface area contributed by atoms with E-state index < -0.39 is 17.7 Å². The van der Waals surface area contributed by atoms with Crippen molar-refractivity contribution < 1.29 is 23.8 Å². The molecule has 0 saturated carbocycles. The van der Waals surface area contributed by atoms with Crippen molar-refractivity contribution in [1.29, 1.82) is 0 Å². The van der Waals surface area contributed by atoms with E-state index in [1.54, 1.807) is 25.1 Å². The van der Waals surface area contributed by atoms with E-state index in [-0.39, 0.29) is 5.56 Å². The first-order valence-corrected chi connectivity index (χ1v) is 8.89. The standard InChI is InChI=1S/C20H17ClFNO4/c1-20(15-6-5-13(21)11-16(15)22)26-17-4-2-3-14(18(17)27-20)12-7-9-23(10-8-12)19(24)25/h2-7,11H,8-10H2,1H3,(H,24,25). The van der Waals surface area contributed by atoms with Gasteiger partial charge in [0.05, 0.1) is 5.56 Å². The number of benzene rings is 2. The van der Waals surface area contributed by atoms with Gasteiger partial charge in [0, 0.05) is 30.6 Å². The van der Waals surface area contributed by atoms with Crippen LogP contribution in [0, 0.1) is 5.82 Å². The summed E-state index contributed by atoms with van der Waals surface area (Å²) in [6, 6.07) is 9.87. The summed E-state index contributed by atoms with van der Waals surface area (Å²) in [5, 5.41) is 9.39. The van der Waals surface area contributed by atoms with Gasteiger partial charge in [0.2, 0.25) is 0 Å². The molecule has 2 aromatic rings. The van der Waals surface area contributed by atoms with Crippen molar-refractivity contribution in [3.05, 3.63) is 64.4 Å². The Morgan fingerprint density at radius 1 is 1.30 bits per heavy atom. The van der Waals surface area contributed by atoms with Crippen molar-refractivity contribution in [2.24, 2.45) is 0 Å². The van der Waals surface area contributed by atoms with E-state index in [9.17, 15) is 9.18 Å². The Kier molecular flexibility index (Phi) is 4.23. The summed E-state index contributed by atoms with van der Waals surface area (Å²) in [6.07, 6.45) is 1.50. The van der Waals surface area contributed by atoms with E-state index in [0.717, 1.165) is 11.1 Å². The van der Waals surface area contributed by atoms with Gasteiger partial charge in [0.25, 0.3) is 5.79 Å². The van der Waals surface area contributed by atoms with E-state index in [2.05, 4.69) is 0 Å². The number of para-hydroxylation sites is 1. The average molecular weight is 390 g/mol. The van der Waals surface area contributed by atoms with Crippen molar-refractivity contribution in [2.45, 2.75) is 19.1 Å². The summed E-state index contributed by atoms with van der Waals surface area (Å²) in [5.74, 6) is -0.765. The number of hydrogen-bond donors (Lipinski definition) is 1. The predicted molar refractivity (Wildman–Crippen MR) is 98.7 cm³/mol. The van der Waals surface area contributed by atoms with E-state index in [4.69, 9.17) is 26.2 Å². The van der Waals surface area contributed by atoms with Crippen molar-refractivity contribution in [2.75, 3.05) is 13.1 Å². The lowest BCUT2D eigenvalue weighted by molar-refractivity contribution is -0.0708. The highest BCUT2D eigenvalue weighted by atomic mass is 35.5. The maximum atomic E-state index is 14.4. The van der Waals surface area contributed by atoms with Gasteiger partial charge in [-0.3, -0.25) is 0 Å². The van der Waals surface area contributed by atoms with Gasteiger partial charge in [0.15, 0.2) is 11.5 Å². The first-order valence-electron chi connectivity index (χ1n) is 8.51. The Bertz CT molecular complexity index is 961. The lowest BCUT2D eigenvalue weighted by Gasteiger charge is -2.25. The number of ether oxygens (including phenoxy) is 2. The average Bonchev–Trinajstić information content (AvgIpc) is 2.98. The lowest BCUT2D eigenvalue weighted by Crippen LogP contribution is -2.33. The summed E-state index contributed by atoms with van der Waals surface area (Å²) in [6.45, 7) is 2.39. The number of fused-ring (bicyclic) bond motifs is 1. The maximum Gasteiger partial charge on any atom is 0.407 e. The smallest absolute Gasteiger partial charge is 0.407 e. The molecule has 1 amide bonds. The molecule has 27 heavy (non-hydrogen) atoms. The molecule has 5 nitrogen and oxygen atoms in total. The topological polar surface area (TPSA) is 59.0 Å². The fourth-order valence-electron chi connectivity index (χ4n) is 3.43. The third kappa shape index (κ3) is 3.10. The van der Waals surface area contributed by atoms with E-state index in [0.29, 0.717) is 36.0 Å². The SMILES string of the molecule is CC1(c2ccc(Cl)cc2F)Oc2cccc(C3=CCN(C(=O)O)CC3)c2O1. The summed E-state index contributed by atoms with van der Waals surface area (Å²) < 4.78 is 26.5. The summed E-state index contributed by atoms with van der Waals surface area (Å²) in [5.41, 5.74) is 2.06. The number of carboxylic acid groups (broad SMARTS) is 1. The van der Waals surface area contributed by atoms with Crippen molar-refractivity contribution in [3.8, 4) is 11.5 Å². The molecule has 0 fully saturated rings. The van der Waals surface area contributed by atoms with Crippen molar-refractivity contribution in [1.82, 2.24) is 4.90 Å². The molecule has 140 valence electrons. The van der Waals surface area contributed by atoms with Crippen LogP contribution in [-0.4, -0.2) is 29.2 Å². The fraction of sp³-hybridized carbons (Fsp3) is 0.250. The zero-order chi connectivity index (χ0) is 19.2. The van der Waals surface area contributed by atoms with Gasteiger partial charge >= 0.3 is 6.09 Å². The molecule has 0 aliphatic carbocycles. The fourth-order valence-corrected chi connectivity index (χ4v) is 3.59. The van der Waals surface area contributed by atoms with Crippen molar-refractivity contribution >= 4 is 23.3 Å². The Balaban J connectivity index is 1.67. The molecule has 0 saturated heterocycles. The van der Waals surface area contributed by atoms with Gasteiger partial charge in [-0.1, -0.05) is 29.8 Å². The molecule has 0 aromatic heterocycles. The normalized spacial score (nSPS) is 21.1. The molecule has 2 aliphatic heterocycles. The monoisotopic (exact) mass is 389 g/mol. The summed E-state index contributed by atoms with van der Waals surface area (Å²) in [4.78, 5) is 12.4. The molecule has 1 unspecified atom stereocenters. The molecule has 2 heterocycles. The maximum absolute atomic E-state index is 14.4. The third-order valence-corrected chi connectivity index (χ3v) is 5.06. The van der Waals surface area contributed by atoms with Crippen LogP contribution in [0.5, 0.6) is 11.5 Å². The predicted octanol–water partition coefficient (Wildman–Crippen LogP) is 4.89. The second-order valence-corrected chi connectivity index (χ2v) is 7.05. The molecule has 2 aromatic carbocycles. The zero-order valence-electron chi connectivity index (χ0n) is 14.5.